The Labute approximate surface area is 179 Å². The minimum Gasteiger partial charge on any atom is -0.492 e. The Kier molecular flexibility index (Phi) is 8.68. The number of hydrogen-bond donors (Lipinski definition) is 1. The molecule has 1 saturated heterocycles. The number of rotatable bonds is 10. The van der Waals surface area contributed by atoms with E-state index < -0.39 is 0 Å². The summed E-state index contributed by atoms with van der Waals surface area (Å²) in [6.07, 6.45) is 0. The molecule has 6 nitrogen and oxygen atoms in total. The van der Waals surface area contributed by atoms with Gasteiger partial charge in [-0.25, -0.2) is 0 Å². The number of carbonyl (C=O) groups excluding carboxylic acids is 1. The summed E-state index contributed by atoms with van der Waals surface area (Å²) in [4.78, 5) is 17.3. The molecule has 1 unspecified atom stereocenters. The van der Waals surface area contributed by atoms with Crippen molar-refractivity contribution in [3.05, 3.63) is 65.7 Å². The van der Waals surface area contributed by atoms with E-state index in [1.807, 2.05) is 61.6 Å². The molecular weight excluding hydrogens is 378 g/mol. The second-order valence-corrected chi connectivity index (χ2v) is 7.55. The normalized spacial score (nSPS) is 15.7. The van der Waals surface area contributed by atoms with Crippen LogP contribution in [0.25, 0.3) is 0 Å². The molecule has 0 bridgehead atoms. The highest BCUT2D eigenvalue weighted by Gasteiger charge is 2.23. The van der Waals surface area contributed by atoms with Gasteiger partial charge in [-0.3, -0.25) is 14.6 Å². The fourth-order valence-corrected chi connectivity index (χ4v) is 3.57. The molecule has 1 atom stereocenters. The Balaban J connectivity index is 1.52. The van der Waals surface area contributed by atoms with Crippen LogP contribution in [0, 0.1) is 0 Å². The van der Waals surface area contributed by atoms with Gasteiger partial charge in [0.05, 0.1) is 13.2 Å². The van der Waals surface area contributed by atoms with Crippen LogP contribution >= 0.6 is 0 Å². The fourth-order valence-electron chi connectivity index (χ4n) is 3.57. The third kappa shape index (κ3) is 6.55. The first-order valence-electron chi connectivity index (χ1n) is 10.7. The lowest BCUT2D eigenvalue weighted by molar-refractivity contribution is -0.126. The van der Waals surface area contributed by atoms with Crippen molar-refractivity contribution in [2.45, 2.75) is 19.5 Å². The summed E-state index contributed by atoms with van der Waals surface area (Å²) in [7, 11) is 1.97. The SMILES string of the molecule is CCN(C)C(C(=O)NCc1cccc(OCCN2CCOCC2)c1)c1ccccc1. The molecule has 1 aliphatic rings. The smallest absolute Gasteiger partial charge is 0.242 e. The number of morpholine rings is 1. The third-order valence-electron chi connectivity index (χ3n) is 5.45. The van der Waals surface area contributed by atoms with Crippen LogP contribution in [-0.2, 0) is 16.1 Å². The van der Waals surface area contributed by atoms with E-state index >= 15 is 0 Å². The second-order valence-electron chi connectivity index (χ2n) is 7.55. The van der Waals surface area contributed by atoms with Gasteiger partial charge >= 0.3 is 0 Å². The maximum Gasteiger partial charge on any atom is 0.242 e. The van der Waals surface area contributed by atoms with E-state index in [1.54, 1.807) is 0 Å². The van der Waals surface area contributed by atoms with E-state index in [0.717, 1.165) is 56.3 Å². The van der Waals surface area contributed by atoms with Crippen LogP contribution in [-0.4, -0.2) is 68.8 Å². The lowest BCUT2D eigenvalue weighted by atomic mass is 10.0. The van der Waals surface area contributed by atoms with Crippen molar-refractivity contribution in [3.8, 4) is 5.75 Å². The maximum atomic E-state index is 12.9. The summed E-state index contributed by atoms with van der Waals surface area (Å²) in [5.41, 5.74) is 2.03. The maximum absolute atomic E-state index is 12.9. The molecule has 0 saturated carbocycles. The van der Waals surface area contributed by atoms with E-state index in [0.29, 0.717) is 13.2 Å². The van der Waals surface area contributed by atoms with Crippen molar-refractivity contribution in [1.82, 2.24) is 15.1 Å². The minimum atomic E-state index is -0.302. The summed E-state index contributed by atoms with van der Waals surface area (Å²) in [5, 5.41) is 3.09. The number of nitrogens with zero attached hydrogens (tertiary/aromatic N) is 2. The van der Waals surface area contributed by atoms with Crippen molar-refractivity contribution in [1.29, 1.82) is 0 Å². The van der Waals surface area contributed by atoms with E-state index in [-0.39, 0.29) is 11.9 Å². The van der Waals surface area contributed by atoms with Crippen molar-refractivity contribution < 1.29 is 14.3 Å². The van der Waals surface area contributed by atoms with Crippen molar-refractivity contribution >= 4 is 5.91 Å². The van der Waals surface area contributed by atoms with E-state index in [4.69, 9.17) is 9.47 Å². The average Bonchev–Trinajstić information content (AvgIpc) is 2.79. The van der Waals surface area contributed by atoms with Crippen LogP contribution < -0.4 is 10.1 Å². The van der Waals surface area contributed by atoms with Crippen LogP contribution in [0.2, 0.25) is 0 Å². The van der Waals surface area contributed by atoms with Crippen molar-refractivity contribution in [2.24, 2.45) is 0 Å². The largest absolute Gasteiger partial charge is 0.492 e. The molecule has 1 fully saturated rings. The summed E-state index contributed by atoms with van der Waals surface area (Å²) < 4.78 is 11.3. The summed E-state index contributed by atoms with van der Waals surface area (Å²) in [6, 6.07) is 17.5. The quantitative estimate of drug-likeness (QED) is 0.652. The topological polar surface area (TPSA) is 54.0 Å². The van der Waals surface area contributed by atoms with E-state index in [9.17, 15) is 4.79 Å². The molecule has 3 rings (SSSR count). The number of amides is 1. The molecule has 1 amide bonds. The van der Waals surface area contributed by atoms with Crippen LogP contribution in [0.4, 0.5) is 0 Å². The van der Waals surface area contributed by atoms with Crippen molar-refractivity contribution in [3.63, 3.8) is 0 Å². The van der Waals surface area contributed by atoms with Gasteiger partial charge in [0, 0.05) is 26.2 Å². The summed E-state index contributed by atoms with van der Waals surface area (Å²) in [6.45, 7) is 8.38. The number of hydrogen-bond acceptors (Lipinski definition) is 5. The van der Waals surface area contributed by atoms with E-state index in [2.05, 4.69) is 22.0 Å². The Bertz CT molecular complexity index is 778. The molecule has 0 spiro atoms. The zero-order valence-corrected chi connectivity index (χ0v) is 18.0. The monoisotopic (exact) mass is 411 g/mol. The lowest BCUT2D eigenvalue weighted by Gasteiger charge is -2.26. The molecule has 1 heterocycles. The van der Waals surface area contributed by atoms with Gasteiger partial charge in [-0.15, -0.1) is 0 Å². The molecule has 162 valence electrons. The highest BCUT2D eigenvalue weighted by molar-refractivity contribution is 5.83. The Morgan fingerprint density at radius 1 is 1.17 bits per heavy atom. The van der Waals surface area contributed by atoms with Gasteiger partial charge in [0.25, 0.3) is 0 Å². The van der Waals surface area contributed by atoms with Crippen LogP contribution in [0.15, 0.2) is 54.6 Å². The molecule has 30 heavy (non-hydrogen) atoms. The Morgan fingerprint density at radius 3 is 2.67 bits per heavy atom. The number of likely N-dealkylation sites (N-methyl/N-ethyl adjacent to an activating group) is 1. The van der Waals surface area contributed by atoms with Gasteiger partial charge in [0.2, 0.25) is 5.91 Å². The first-order chi connectivity index (χ1) is 14.7. The van der Waals surface area contributed by atoms with Gasteiger partial charge in [-0.1, -0.05) is 49.4 Å². The van der Waals surface area contributed by atoms with Gasteiger partial charge < -0.3 is 14.8 Å². The number of benzene rings is 2. The highest BCUT2D eigenvalue weighted by Crippen LogP contribution is 2.20. The highest BCUT2D eigenvalue weighted by atomic mass is 16.5. The molecule has 2 aromatic carbocycles. The minimum absolute atomic E-state index is 0.00388. The molecule has 0 radical (unpaired) electrons. The van der Waals surface area contributed by atoms with Gasteiger partial charge in [0.15, 0.2) is 0 Å². The predicted octanol–water partition coefficient (Wildman–Crippen LogP) is 2.71. The first-order valence-corrected chi connectivity index (χ1v) is 10.7. The third-order valence-corrected chi connectivity index (χ3v) is 5.45. The Hall–Kier alpha value is -2.41. The van der Waals surface area contributed by atoms with E-state index in [1.165, 1.54) is 0 Å². The Morgan fingerprint density at radius 2 is 1.93 bits per heavy atom. The lowest BCUT2D eigenvalue weighted by Crippen LogP contribution is -2.38. The van der Waals surface area contributed by atoms with Crippen molar-refractivity contribution in [2.75, 3.05) is 53.0 Å². The fraction of sp³-hybridized carbons (Fsp3) is 0.458. The average molecular weight is 412 g/mol. The van der Waals surface area contributed by atoms with Gasteiger partial charge in [-0.2, -0.15) is 0 Å². The predicted molar refractivity (Wildman–Crippen MR) is 119 cm³/mol. The molecule has 6 heteroatoms. The zero-order chi connectivity index (χ0) is 21.2. The molecule has 2 aromatic rings. The molecule has 1 N–H and O–H groups in total. The molecule has 1 aliphatic heterocycles. The molecule has 0 aliphatic carbocycles. The standard InChI is InChI=1S/C24H33N3O3/c1-3-26(2)23(21-9-5-4-6-10-21)24(28)25-19-20-8-7-11-22(18-20)30-17-14-27-12-15-29-16-13-27/h4-11,18,23H,3,12-17,19H2,1-2H3,(H,25,28). The van der Waals surface area contributed by atoms with Crippen LogP contribution in [0.3, 0.4) is 0 Å². The number of carbonyl (C=O) groups is 1. The molecular formula is C24H33N3O3. The van der Waals surface area contributed by atoms with Gasteiger partial charge in [-0.05, 0) is 36.9 Å². The zero-order valence-electron chi connectivity index (χ0n) is 18.0. The number of ether oxygens (including phenoxy) is 2. The molecule has 0 aromatic heterocycles. The van der Waals surface area contributed by atoms with Crippen LogP contribution in [0.1, 0.15) is 24.1 Å². The second kappa shape index (κ2) is 11.7. The summed E-state index contributed by atoms with van der Waals surface area (Å²) in [5.74, 6) is 0.837. The first kappa shape index (κ1) is 22.3. The summed E-state index contributed by atoms with van der Waals surface area (Å²) >= 11 is 0. The number of nitrogens with one attached hydrogen (secondary N) is 1. The van der Waals surface area contributed by atoms with Gasteiger partial charge in [0.1, 0.15) is 18.4 Å². The van der Waals surface area contributed by atoms with Crippen LogP contribution in [0.5, 0.6) is 5.75 Å².